The number of hydrazone groups is 1. The summed E-state index contributed by atoms with van der Waals surface area (Å²) in [4.78, 5) is 19.9. The Morgan fingerprint density at radius 2 is 1.95 bits per heavy atom. The first-order valence-electron chi connectivity index (χ1n) is 5.84. The predicted molar refractivity (Wildman–Crippen MR) is 72.9 cm³/mol. The van der Waals surface area contributed by atoms with Crippen LogP contribution >= 0.6 is 0 Å². The highest BCUT2D eigenvalue weighted by Gasteiger charge is 2.04. The number of aromatic nitrogens is 2. The van der Waals surface area contributed by atoms with Gasteiger partial charge in [0.05, 0.1) is 11.9 Å². The Bertz CT molecular complexity index is 591. The van der Waals surface area contributed by atoms with Crippen LogP contribution in [0.2, 0.25) is 0 Å². The molecular weight excluding hydrogens is 240 g/mol. The number of hydrogen-bond donors (Lipinski definition) is 1. The minimum atomic E-state index is -0.247. The lowest BCUT2D eigenvalue weighted by atomic mass is 10.1. The van der Waals surface area contributed by atoms with Crippen LogP contribution < -0.4 is 5.43 Å². The van der Waals surface area contributed by atoms with Crippen LogP contribution in [0.5, 0.6) is 0 Å². The number of hydrogen-bond acceptors (Lipinski definition) is 4. The fourth-order valence-electron chi connectivity index (χ4n) is 1.45. The van der Waals surface area contributed by atoms with E-state index in [2.05, 4.69) is 20.5 Å². The largest absolute Gasteiger partial charge is 0.271 e. The smallest absolute Gasteiger partial charge is 0.267 e. The second-order valence-electron chi connectivity index (χ2n) is 4.09. The fraction of sp³-hybridized carbons (Fsp3) is 0.143. The fourth-order valence-corrected chi connectivity index (χ4v) is 1.45. The molecule has 1 N–H and O–H groups in total. The summed E-state index contributed by atoms with van der Waals surface area (Å²) in [5, 5.41) is 4.01. The van der Waals surface area contributed by atoms with Gasteiger partial charge in [0.2, 0.25) is 0 Å². The molecule has 0 bridgehead atoms. The van der Waals surface area contributed by atoms with E-state index in [0.29, 0.717) is 17.0 Å². The molecule has 2 rings (SSSR count). The van der Waals surface area contributed by atoms with Crippen molar-refractivity contribution in [2.45, 2.75) is 13.8 Å². The molecule has 0 saturated carbocycles. The first kappa shape index (κ1) is 12.9. The molecule has 5 heteroatoms. The van der Waals surface area contributed by atoms with Crippen molar-refractivity contribution in [1.29, 1.82) is 0 Å². The zero-order valence-corrected chi connectivity index (χ0v) is 10.8. The molecule has 19 heavy (non-hydrogen) atoms. The van der Waals surface area contributed by atoms with Crippen LogP contribution in [0.3, 0.4) is 0 Å². The number of rotatable bonds is 3. The molecule has 1 aromatic heterocycles. The number of benzene rings is 1. The van der Waals surface area contributed by atoms with Gasteiger partial charge in [-0.15, -0.1) is 0 Å². The van der Waals surface area contributed by atoms with Crippen molar-refractivity contribution >= 4 is 11.6 Å². The third kappa shape index (κ3) is 3.45. The van der Waals surface area contributed by atoms with Gasteiger partial charge in [-0.3, -0.25) is 14.8 Å². The summed E-state index contributed by atoms with van der Waals surface area (Å²) >= 11 is 0. The standard InChI is InChI=1S/C14H14N4O/c1-10-3-5-12(6-4-10)14(19)18-17-11(2)13-9-15-7-8-16-13/h3-9H,1-2H3,(H,18,19). The monoisotopic (exact) mass is 254 g/mol. The molecule has 0 atom stereocenters. The summed E-state index contributed by atoms with van der Waals surface area (Å²) in [5.41, 5.74) is 5.41. The van der Waals surface area contributed by atoms with Gasteiger partial charge in [0.25, 0.3) is 5.91 Å². The third-order valence-corrected chi connectivity index (χ3v) is 2.57. The van der Waals surface area contributed by atoms with Crippen molar-refractivity contribution in [3.8, 4) is 0 Å². The Labute approximate surface area is 111 Å². The van der Waals surface area contributed by atoms with E-state index in [-0.39, 0.29) is 5.91 Å². The van der Waals surface area contributed by atoms with Crippen molar-refractivity contribution in [2.24, 2.45) is 5.10 Å². The van der Waals surface area contributed by atoms with Gasteiger partial charge >= 0.3 is 0 Å². The highest BCUT2D eigenvalue weighted by Crippen LogP contribution is 2.03. The van der Waals surface area contributed by atoms with E-state index in [1.54, 1.807) is 37.6 Å². The number of nitrogens with zero attached hydrogens (tertiary/aromatic N) is 3. The van der Waals surface area contributed by atoms with E-state index in [1.165, 1.54) is 0 Å². The SMILES string of the molecule is CC(=NNC(=O)c1ccc(C)cc1)c1cnccn1. The van der Waals surface area contributed by atoms with Gasteiger partial charge in [-0.2, -0.15) is 5.10 Å². The van der Waals surface area contributed by atoms with E-state index in [4.69, 9.17) is 0 Å². The lowest BCUT2D eigenvalue weighted by Gasteiger charge is -2.02. The minimum absolute atomic E-state index is 0.247. The summed E-state index contributed by atoms with van der Waals surface area (Å²) in [6.45, 7) is 3.73. The molecule has 0 aliphatic heterocycles. The van der Waals surface area contributed by atoms with Gasteiger partial charge in [0.1, 0.15) is 5.69 Å². The topological polar surface area (TPSA) is 67.2 Å². The molecule has 0 aliphatic rings. The first-order chi connectivity index (χ1) is 9.16. The van der Waals surface area contributed by atoms with Crippen LogP contribution in [0.4, 0.5) is 0 Å². The normalized spacial score (nSPS) is 11.2. The zero-order valence-electron chi connectivity index (χ0n) is 10.8. The van der Waals surface area contributed by atoms with Gasteiger partial charge in [0.15, 0.2) is 0 Å². The molecule has 0 unspecified atom stereocenters. The number of nitrogens with one attached hydrogen (secondary N) is 1. The molecule has 5 nitrogen and oxygen atoms in total. The van der Waals surface area contributed by atoms with E-state index < -0.39 is 0 Å². The van der Waals surface area contributed by atoms with Crippen molar-refractivity contribution in [3.05, 3.63) is 59.7 Å². The van der Waals surface area contributed by atoms with Crippen molar-refractivity contribution in [3.63, 3.8) is 0 Å². The van der Waals surface area contributed by atoms with Crippen LogP contribution in [0.25, 0.3) is 0 Å². The summed E-state index contributed by atoms with van der Waals surface area (Å²) < 4.78 is 0. The van der Waals surface area contributed by atoms with Crippen LogP contribution in [0.1, 0.15) is 28.5 Å². The molecule has 0 fully saturated rings. The lowest BCUT2D eigenvalue weighted by Crippen LogP contribution is -2.19. The maximum atomic E-state index is 11.8. The maximum Gasteiger partial charge on any atom is 0.271 e. The molecule has 96 valence electrons. The molecular formula is C14H14N4O. The van der Waals surface area contributed by atoms with E-state index >= 15 is 0 Å². The molecule has 0 spiro atoms. The van der Waals surface area contributed by atoms with Crippen molar-refractivity contribution in [1.82, 2.24) is 15.4 Å². The Morgan fingerprint density at radius 3 is 2.58 bits per heavy atom. The molecule has 1 aromatic carbocycles. The second-order valence-corrected chi connectivity index (χ2v) is 4.09. The van der Waals surface area contributed by atoms with Crippen LogP contribution in [0, 0.1) is 6.92 Å². The Hall–Kier alpha value is -2.56. The first-order valence-corrected chi connectivity index (χ1v) is 5.84. The molecule has 0 radical (unpaired) electrons. The van der Waals surface area contributed by atoms with Gasteiger partial charge in [-0.25, -0.2) is 5.43 Å². The minimum Gasteiger partial charge on any atom is -0.267 e. The van der Waals surface area contributed by atoms with Gasteiger partial charge < -0.3 is 0 Å². The molecule has 0 saturated heterocycles. The average Bonchev–Trinajstić information content (AvgIpc) is 2.46. The predicted octanol–water partition coefficient (Wildman–Crippen LogP) is 1.94. The second kappa shape index (κ2) is 5.86. The number of carbonyl (C=O) groups is 1. The molecule has 2 aromatic rings. The Morgan fingerprint density at radius 1 is 1.21 bits per heavy atom. The summed E-state index contributed by atoms with van der Waals surface area (Å²) in [6, 6.07) is 7.29. The number of aryl methyl sites for hydroxylation is 1. The van der Waals surface area contributed by atoms with Crippen LogP contribution in [-0.2, 0) is 0 Å². The average molecular weight is 254 g/mol. The summed E-state index contributed by atoms with van der Waals surface area (Å²) in [6.07, 6.45) is 4.76. The van der Waals surface area contributed by atoms with E-state index in [9.17, 15) is 4.79 Å². The van der Waals surface area contributed by atoms with Gasteiger partial charge in [0, 0.05) is 18.0 Å². The van der Waals surface area contributed by atoms with Crippen molar-refractivity contribution < 1.29 is 4.79 Å². The highest BCUT2D eigenvalue weighted by atomic mass is 16.2. The number of carbonyl (C=O) groups excluding carboxylic acids is 1. The lowest BCUT2D eigenvalue weighted by molar-refractivity contribution is 0.0955. The quantitative estimate of drug-likeness (QED) is 0.672. The maximum absolute atomic E-state index is 11.8. The molecule has 0 aliphatic carbocycles. The summed E-state index contributed by atoms with van der Waals surface area (Å²) in [7, 11) is 0. The number of amides is 1. The summed E-state index contributed by atoms with van der Waals surface area (Å²) in [5.74, 6) is -0.247. The Balaban J connectivity index is 2.06. The van der Waals surface area contributed by atoms with E-state index in [0.717, 1.165) is 5.56 Å². The highest BCUT2D eigenvalue weighted by molar-refractivity contribution is 5.99. The molecule has 1 heterocycles. The molecule has 1 amide bonds. The van der Waals surface area contributed by atoms with E-state index in [1.807, 2.05) is 19.1 Å². The Kier molecular flexibility index (Phi) is 3.97. The third-order valence-electron chi connectivity index (χ3n) is 2.57. The van der Waals surface area contributed by atoms with Crippen molar-refractivity contribution in [2.75, 3.05) is 0 Å². The van der Waals surface area contributed by atoms with Gasteiger partial charge in [-0.1, -0.05) is 17.7 Å². The van der Waals surface area contributed by atoms with Gasteiger partial charge in [-0.05, 0) is 26.0 Å². The van der Waals surface area contributed by atoms with Crippen LogP contribution in [-0.4, -0.2) is 21.6 Å². The van der Waals surface area contributed by atoms with Crippen LogP contribution in [0.15, 0.2) is 48.0 Å². The zero-order chi connectivity index (χ0) is 13.7.